The van der Waals surface area contributed by atoms with Crippen molar-refractivity contribution < 1.29 is 9.59 Å². The quantitative estimate of drug-likeness (QED) is 0.823. The van der Waals surface area contributed by atoms with Crippen LogP contribution in [-0.4, -0.2) is 41.9 Å². The first kappa shape index (κ1) is 18.9. The molecule has 2 atom stereocenters. The third-order valence-corrected chi connectivity index (χ3v) is 5.85. The van der Waals surface area contributed by atoms with Gasteiger partial charge in [0, 0.05) is 30.7 Å². The zero-order valence-corrected chi connectivity index (χ0v) is 16.2. The predicted octanol–water partition coefficient (Wildman–Crippen LogP) is 3.01. The zero-order chi connectivity index (χ0) is 18.7. The summed E-state index contributed by atoms with van der Waals surface area (Å²) in [5, 5.41) is 6.60. The van der Waals surface area contributed by atoms with Gasteiger partial charge in [0.15, 0.2) is 0 Å². The van der Waals surface area contributed by atoms with E-state index in [4.69, 9.17) is 0 Å². The van der Waals surface area contributed by atoms with Gasteiger partial charge in [-0.1, -0.05) is 18.2 Å². The van der Waals surface area contributed by atoms with E-state index in [0.29, 0.717) is 31.0 Å². The number of amides is 2. The Morgan fingerprint density at radius 2 is 1.77 bits per heavy atom. The maximum Gasteiger partial charge on any atom is 0.244 e. The lowest BCUT2D eigenvalue weighted by Gasteiger charge is -2.30. The van der Waals surface area contributed by atoms with Crippen molar-refractivity contribution in [3.05, 3.63) is 29.3 Å². The molecule has 1 aromatic rings. The Hall–Kier alpha value is -1.88. The third kappa shape index (κ3) is 4.44. The van der Waals surface area contributed by atoms with Crippen LogP contribution in [-0.2, 0) is 9.59 Å². The molecular weight excluding hydrogens is 326 g/mol. The van der Waals surface area contributed by atoms with Gasteiger partial charge >= 0.3 is 0 Å². The largest absolute Gasteiger partial charge is 0.334 e. The summed E-state index contributed by atoms with van der Waals surface area (Å²) >= 11 is 0. The average Bonchev–Trinajstić information content (AvgIpc) is 2.94. The molecule has 2 N–H and O–H groups in total. The van der Waals surface area contributed by atoms with Crippen LogP contribution in [0, 0.1) is 19.8 Å². The van der Waals surface area contributed by atoms with Gasteiger partial charge in [-0.2, -0.15) is 0 Å². The van der Waals surface area contributed by atoms with Crippen molar-refractivity contribution in [2.24, 2.45) is 5.92 Å². The fraction of sp³-hybridized carbons (Fsp3) is 0.619. The fourth-order valence-corrected chi connectivity index (χ4v) is 4.46. The maximum atomic E-state index is 12.7. The molecular formula is C21H31N3O2. The molecule has 0 radical (unpaired) electrons. The molecule has 1 aromatic carbocycles. The minimum absolute atomic E-state index is 0.107. The standard InChI is InChI=1S/C21H31N3O2/c1-4-24(13-19(25)23-21-14(2)6-5-7-15(21)3)20(26)12-16-10-17-8-9-18(11-16)22-17/h5-7,16-18,22H,4,8-13H2,1-3H3,(H,23,25). The van der Waals surface area contributed by atoms with E-state index in [1.165, 1.54) is 12.8 Å². The lowest BCUT2D eigenvalue weighted by Crippen LogP contribution is -2.42. The Morgan fingerprint density at radius 3 is 2.35 bits per heavy atom. The number of benzene rings is 1. The van der Waals surface area contributed by atoms with Crippen molar-refractivity contribution in [2.45, 2.75) is 65.0 Å². The van der Waals surface area contributed by atoms with Crippen LogP contribution in [0.5, 0.6) is 0 Å². The summed E-state index contributed by atoms with van der Waals surface area (Å²) in [6.45, 7) is 6.60. The molecule has 5 nitrogen and oxygen atoms in total. The first-order valence-corrected chi connectivity index (χ1v) is 9.86. The number of anilines is 1. The number of carbonyl (C=O) groups excluding carboxylic acids is 2. The summed E-state index contributed by atoms with van der Waals surface area (Å²) in [7, 11) is 0. The van der Waals surface area contributed by atoms with Gasteiger partial charge in [0.2, 0.25) is 11.8 Å². The summed E-state index contributed by atoms with van der Waals surface area (Å²) in [5.74, 6) is 0.440. The van der Waals surface area contributed by atoms with E-state index in [0.717, 1.165) is 29.7 Å². The number of likely N-dealkylation sites (N-methyl/N-ethyl adjacent to an activating group) is 1. The second-order valence-electron chi connectivity index (χ2n) is 7.90. The van der Waals surface area contributed by atoms with Gasteiger partial charge in [0.1, 0.15) is 0 Å². The monoisotopic (exact) mass is 357 g/mol. The smallest absolute Gasteiger partial charge is 0.244 e. The Balaban J connectivity index is 1.54. The molecule has 26 heavy (non-hydrogen) atoms. The van der Waals surface area contributed by atoms with Gasteiger partial charge < -0.3 is 15.5 Å². The van der Waals surface area contributed by atoms with E-state index >= 15 is 0 Å². The molecule has 2 unspecified atom stereocenters. The van der Waals surface area contributed by atoms with E-state index < -0.39 is 0 Å². The molecule has 5 heteroatoms. The highest BCUT2D eigenvalue weighted by Crippen LogP contribution is 2.33. The Kier molecular flexibility index (Phi) is 5.97. The lowest BCUT2D eigenvalue weighted by molar-refractivity contribution is -0.135. The van der Waals surface area contributed by atoms with Gasteiger partial charge in [-0.3, -0.25) is 9.59 Å². The number of fused-ring (bicyclic) bond motifs is 2. The first-order valence-electron chi connectivity index (χ1n) is 9.86. The van der Waals surface area contributed by atoms with Crippen molar-refractivity contribution >= 4 is 17.5 Å². The van der Waals surface area contributed by atoms with E-state index in [9.17, 15) is 9.59 Å². The van der Waals surface area contributed by atoms with E-state index in [1.807, 2.05) is 39.0 Å². The highest BCUT2D eigenvalue weighted by atomic mass is 16.2. The van der Waals surface area contributed by atoms with Crippen LogP contribution >= 0.6 is 0 Å². The SMILES string of the molecule is CCN(CC(=O)Nc1c(C)cccc1C)C(=O)CC1CC2CCC(C1)N2. The highest BCUT2D eigenvalue weighted by Gasteiger charge is 2.34. The number of hydrogen-bond acceptors (Lipinski definition) is 3. The van der Waals surface area contributed by atoms with E-state index in [2.05, 4.69) is 10.6 Å². The zero-order valence-electron chi connectivity index (χ0n) is 16.2. The predicted molar refractivity (Wildman–Crippen MR) is 104 cm³/mol. The maximum absolute atomic E-state index is 12.7. The number of aryl methyl sites for hydroxylation is 2. The van der Waals surface area contributed by atoms with Crippen molar-refractivity contribution in [3.63, 3.8) is 0 Å². The van der Waals surface area contributed by atoms with Crippen molar-refractivity contribution in [3.8, 4) is 0 Å². The number of nitrogens with zero attached hydrogens (tertiary/aromatic N) is 1. The average molecular weight is 357 g/mol. The summed E-state index contributed by atoms with van der Waals surface area (Å²) in [6.07, 6.45) is 5.23. The van der Waals surface area contributed by atoms with Gasteiger partial charge in [0.25, 0.3) is 0 Å². The molecule has 0 aliphatic carbocycles. The van der Waals surface area contributed by atoms with Crippen molar-refractivity contribution in [2.75, 3.05) is 18.4 Å². The van der Waals surface area contributed by atoms with Crippen LogP contribution in [0.25, 0.3) is 0 Å². The second-order valence-corrected chi connectivity index (χ2v) is 7.90. The molecule has 0 aromatic heterocycles. The molecule has 2 fully saturated rings. The van der Waals surface area contributed by atoms with Gasteiger partial charge in [-0.05, 0) is 63.5 Å². The molecule has 2 bridgehead atoms. The normalized spacial score (nSPS) is 24.3. The molecule has 0 saturated carbocycles. The summed E-state index contributed by atoms with van der Waals surface area (Å²) in [5.41, 5.74) is 2.94. The summed E-state index contributed by atoms with van der Waals surface area (Å²) in [6, 6.07) is 7.13. The Bertz CT molecular complexity index is 641. The molecule has 2 aliphatic rings. The van der Waals surface area contributed by atoms with Gasteiger partial charge in [-0.15, -0.1) is 0 Å². The van der Waals surface area contributed by atoms with Crippen molar-refractivity contribution in [1.82, 2.24) is 10.2 Å². The van der Waals surface area contributed by atoms with Crippen LogP contribution in [0.15, 0.2) is 18.2 Å². The first-order chi connectivity index (χ1) is 12.5. The minimum atomic E-state index is -0.122. The number of rotatable bonds is 6. The Morgan fingerprint density at radius 1 is 1.15 bits per heavy atom. The van der Waals surface area contributed by atoms with Gasteiger partial charge in [0.05, 0.1) is 6.54 Å². The molecule has 2 amide bonds. The summed E-state index contributed by atoms with van der Waals surface area (Å²) < 4.78 is 0. The Labute approximate surface area is 156 Å². The number of para-hydroxylation sites is 1. The minimum Gasteiger partial charge on any atom is -0.334 e. The molecule has 2 saturated heterocycles. The number of carbonyl (C=O) groups is 2. The third-order valence-electron chi connectivity index (χ3n) is 5.85. The van der Waals surface area contributed by atoms with Crippen LogP contribution in [0.3, 0.4) is 0 Å². The lowest BCUT2D eigenvalue weighted by atomic mass is 9.89. The number of nitrogens with one attached hydrogen (secondary N) is 2. The summed E-state index contributed by atoms with van der Waals surface area (Å²) in [4.78, 5) is 26.9. The number of hydrogen-bond donors (Lipinski definition) is 2. The fourth-order valence-electron chi connectivity index (χ4n) is 4.46. The van der Waals surface area contributed by atoms with Crippen LogP contribution in [0.2, 0.25) is 0 Å². The molecule has 2 aliphatic heterocycles. The molecule has 142 valence electrons. The van der Waals surface area contributed by atoms with Crippen LogP contribution in [0.1, 0.15) is 50.2 Å². The topological polar surface area (TPSA) is 61.4 Å². The van der Waals surface area contributed by atoms with E-state index in [-0.39, 0.29) is 18.4 Å². The van der Waals surface area contributed by atoms with Crippen LogP contribution in [0.4, 0.5) is 5.69 Å². The molecule has 2 heterocycles. The highest BCUT2D eigenvalue weighted by molar-refractivity contribution is 5.95. The second kappa shape index (κ2) is 8.21. The van der Waals surface area contributed by atoms with Crippen molar-refractivity contribution in [1.29, 1.82) is 0 Å². The van der Waals surface area contributed by atoms with Gasteiger partial charge in [-0.25, -0.2) is 0 Å². The van der Waals surface area contributed by atoms with Crippen LogP contribution < -0.4 is 10.6 Å². The number of piperidine rings is 1. The molecule has 3 rings (SSSR count). The van der Waals surface area contributed by atoms with E-state index in [1.54, 1.807) is 4.90 Å². The molecule has 0 spiro atoms.